The second-order valence-corrected chi connectivity index (χ2v) is 5.92. The molecule has 0 saturated heterocycles. The van der Waals surface area contributed by atoms with Crippen molar-refractivity contribution >= 4 is 28.7 Å². The van der Waals surface area contributed by atoms with E-state index in [0.29, 0.717) is 5.11 Å². The molecule has 0 aliphatic carbocycles. The van der Waals surface area contributed by atoms with Gasteiger partial charge in [-0.2, -0.15) is 5.10 Å². The maximum absolute atomic E-state index is 5.28. The summed E-state index contributed by atoms with van der Waals surface area (Å²) in [6.07, 6.45) is 5.42. The molecule has 0 saturated carbocycles. The number of hydrogen-bond donors (Lipinski definition) is 2. The van der Waals surface area contributed by atoms with Gasteiger partial charge in [-0.15, -0.1) is 0 Å². The van der Waals surface area contributed by atoms with Crippen molar-refractivity contribution in [3.05, 3.63) is 72.8 Å². The van der Waals surface area contributed by atoms with E-state index >= 15 is 0 Å². The Morgan fingerprint density at radius 2 is 2.00 bits per heavy atom. The number of nitrogens with one attached hydrogen (secondary N) is 2. The Morgan fingerprint density at radius 1 is 1.19 bits per heavy atom. The molecule has 0 unspecified atom stereocenters. The van der Waals surface area contributed by atoms with E-state index in [1.807, 2.05) is 66.2 Å². The van der Waals surface area contributed by atoms with Gasteiger partial charge in [0, 0.05) is 29.8 Å². The zero-order valence-electron chi connectivity index (χ0n) is 14.5. The highest BCUT2D eigenvalue weighted by Gasteiger charge is 2.02. The van der Waals surface area contributed by atoms with Gasteiger partial charge < -0.3 is 14.6 Å². The summed E-state index contributed by atoms with van der Waals surface area (Å²) in [5.41, 5.74) is 6.57. The lowest BCUT2D eigenvalue weighted by molar-refractivity contribution is 0.415. The highest BCUT2D eigenvalue weighted by molar-refractivity contribution is 7.80. The van der Waals surface area contributed by atoms with Crippen molar-refractivity contribution in [2.24, 2.45) is 5.10 Å². The van der Waals surface area contributed by atoms with Crippen LogP contribution in [0.25, 0.3) is 5.69 Å². The minimum absolute atomic E-state index is 0.410. The monoisotopic (exact) mass is 365 g/mol. The molecule has 3 rings (SSSR count). The molecular formula is C19H19N5OS. The first kappa shape index (κ1) is 17.6. The van der Waals surface area contributed by atoms with Crippen molar-refractivity contribution in [1.29, 1.82) is 0 Å². The number of hydrazone groups is 1. The standard InChI is InChI=1S/C19H19N5OS/c1-14(15-6-8-17(9-7-15)24-11-10-20-13-24)22-23-19(26)21-16-4-3-5-18(12-16)25-2/h3-13H,1-2H3,(H2,21,23,26)/b22-14+. The summed E-state index contributed by atoms with van der Waals surface area (Å²) >= 11 is 5.28. The van der Waals surface area contributed by atoms with E-state index in [0.717, 1.165) is 28.4 Å². The predicted octanol–water partition coefficient (Wildman–Crippen LogP) is 3.59. The van der Waals surface area contributed by atoms with Gasteiger partial charge in [0.05, 0.1) is 19.1 Å². The molecule has 7 heteroatoms. The highest BCUT2D eigenvalue weighted by Crippen LogP contribution is 2.16. The average molecular weight is 365 g/mol. The van der Waals surface area contributed by atoms with Crippen molar-refractivity contribution < 1.29 is 4.74 Å². The number of benzene rings is 2. The first-order valence-electron chi connectivity index (χ1n) is 8.00. The van der Waals surface area contributed by atoms with E-state index in [1.165, 1.54) is 0 Å². The lowest BCUT2D eigenvalue weighted by atomic mass is 10.1. The van der Waals surface area contributed by atoms with Crippen LogP contribution >= 0.6 is 12.2 Å². The van der Waals surface area contributed by atoms with Gasteiger partial charge in [0.15, 0.2) is 5.11 Å². The quantitative estimate of drug-likeness (QED) is 0.411. The van der Waals surface area contributed by atoms with Crippen LogP contribution in [0.2, 0.25) is 0 Å². The molecule has 0 spiro atoms. The molecular weight excluding hydrogens is 346 g/mol. The predicted molar refractivity (Wildman–Crippen MR) is 108 cm³/mol. The minimum atomic E-state index is 0.410. The number of imidazole rings is 1. The maximum atomic E-state index is 5.28. The molecule has 0 amide bonds. The molecule has 3 aromatic rings. The fraction of sp³-hybridized carbons (Fsp3) is 0.105. The molecule has 1 aromatic heterocycles. The van der Waals surface area contributed by atoms with Crippen LogP contribution in [0.3, 0.4) is 0 Å². The number of ether oxygens (including phenoxy) is 1. The number of nitrogens with zero attached hydrogens (tertiary/aromatic N) is 3. The zero-order chi connectivity index (χ0) is 18.4. The number of aromatic nitrogens is 2. The van der Waals surface area contributed by atoms with Gasteiger partial charge >= 0.3 is 0 Å². The van der Waals surface area contributed by atoms with Crippen LogP contribution < -0.4 is 15.5 Å². The second kappa shape index (κ2) is 8.26. The largest absolute Gasteiger partial charge is 0.497 e. The third kappa shape index (κ3) is 4.46. The van der Waals surface area contributed by atoms with Crippen molar-refractivity contribution in [2.75, 3.05) is 12.4 Å². The van der Waals surface area contributed by atoms with Crippen LogP contribution in [0.5, 0.6) is 5.75 Å². The molecule has 0 bridgehead atoms. The Kier molecular flexibility index (Phi) is 5.60. The fourth-order valence-electron chi connectivity index (χ4n) is 2.35. The van der Waals surface area contributed by atoms with Gasteiger partial charge in [0.2, 0.25) is 0 Å². The van der Waals surface area contributed by atoms with Crippen molar-refractivity contribution in [2.45, 2.75) is 6.92 Å². The number of thiocarbonyl (C=S) groups is 1. The summed E-state index contributed by atoms with van der Waals surface area (Å²) in [5.74, 6) is 0.760. The van der Waals surface area contributed by atoms with Gasteiger partial charge in [-0.05, 0) is 49.0 Å². The summed E-state index contributed by atoms with van der Waals surface area (Å²) < 4.78 is 7.14. The molecule has 0 fully saturated rings. The Hall–Kier alpha value is -3.19. The van der Waals surface area contributed by atoms with E-state index in [9.17, 15) is 0 Å². The van der Waals surface area contributed by atoms with Crippen LogP contribution in [0.4, 0.5) is 5.69 Å². The van der Waals surface area contributed by atoms with Gasteiger partial charge in [0.1, 0.15) is 5.75 Å². The van der Waals surface area contributed by atoms with Crippen LogP contribution in [-0.2, 0) is 0 Å². The Labute approximate surface area is 157 Å². The maximum Gasteiger partial charge on any atom is 0.191 e. The third-order valence-electron chi connectivity index (χ3n) is 3.74. The summed E-state index contributed by atoms with van der Waals surface area (Å²) in [4.78, 5) is 4.05. The Balaban J connectivity index is 1.61. The Morgan fingerprint density at radius 3 is 2.69 bits per heavy atom. The molecule has 0 aliphatic heterocycles. The van der Waals surface area contributed by atoms with Gasteiger partial charge in [0.25, 0.3) is 0 Å². The van der Waals surface area contributed by atoms with E-state index < -0.39 is 0 Å². The molecule has 1 heterocycles. The second-order valence-electron chi connectivity index (χ2n) is 5.51. The lowest BCUT2D eigenvalue weighted by Crippen LogP contribution is -2.24. The first-order valence-corrected chi connectivity index (χ1v) is 8.40. The van der Waals surface area contributed by atoms with E-state index in [1.54, 1.807) is 19.6 Å². The third-order valence-corrected chi connectivity index (χ3v) is 3.93. The van der Waals surface area contributed by atoms with Crippen LogP contribution in [0, 0.1) is 0 Å². The number of hydrogen-bond acceptors (Lipinski definition) is 4. The summed E-state index contributed by atoms with van der Waals surface area (Å²) in [6.45, 7) is 1.92. The van der Waals surface area contributed by atoms with Gasteiger partial charge in [-0.1, -0.05) is 18.2 Å². The number of anilines is 1. The normalized spacial score (nSPS) is 11.1. The van der Waals surface area contributed by atoms with Crippen molar-refractivity contribution in [3.8, 4) is 11.4 Å². The molecule has 6 nitrogen and oxygen atoms in total. The van der Waals surface area contributed by atoms with Gasteiger partial charge in [-0.3, -0.25) is 5.43 Å². The molecule has 26 heavy (non-hydrogen) atoms. The fourth-order valence-corrected chi connectivity index (χ4v) is 2.51. The molecule has 0 atom stereocenters. The zero-order valence-corrected chi connectivity index (χ0v) is 15.3. The minimum Gasteiger partial charge on any atom is -0.497 e. The van der Waals surface area contributed by atoms with Gasteiger partial charge in [-0.25, -0.2) is 4.98 Å². The smallest absolute Gasteiger partial charge is 0.191 e. The SMILES string of the molecule is COc1cccc(NC(=S)N/N=C(\C)c2ccc(-n3ccnc3)cc2)c1. The van der Waals surface area contributed by atoms with E-state index in [4.69, 9.17) is 17.0 Å². The number of methoxy groups -OCH3 is 1. The molecule has 0 radical (unpaired) electrons. The first-order chi connectivity index (χ1) is 12.7. The molecule has 2 N–H and O–H groups in total. The topological polar surface area (TPSA) is 63.5 Å². The molecule has 2 aromatic carbocycles. The van der Waals surface area contributed by atoms with Crippen LogP contribution in [0.15, 0.2) is 72.4 Å². The number of rotatable bonds is 5. The molecule has 0 aliphatic rings. The van der Waals surface area contributed by atoms with Crippen molar-refractivity contribution in [3.63, 3.8) is 0 Å². The average Bonchev–Trinajstić information content (AvgIpc) is 3.21. The molecule has 132 valence electrons. The van der Waals surface area contributed by atoms with E-state index in [2.05, 4.69) is 20.8 Å². The van der Waals surface area contributed by atoms with Crippen LogP contribution in [0.1, 0.15) is 12.5 Å². The van der Waals surface area contributed by atoms with E-state index in [-0.39, 0.29) is 0 Å². The lowest BCUT2D eigenvalue weighted by Gasteiger charge is -2.09. The summed E-state index contributed by atoms with van der Waals surface area (Å²) in [6, 6.07) is 15.6. The Bertz CT molecular complexity index is 904. The van der Waals surface area contributed by atoms with Crippen molar-refractivity contribution in [1.82, 2.24) is 15.0 Å². The summed E-state index contributed by atoms with van der Waals surface area (Å²) in [5, 5.41) is 7.82. The summed E-state index contributed by atoms with van der Waals surface area (Å²) in [7, 11) is 1.63. The van der Waals surface area contributed by atoms with Crippen LogP contribution in [-0.4, -0.2) is 27.5 Å². The highest BCUT2D eigenvalue weighted by atomic mass is 32.1.